The lowest BCUT2D eigenvalue weighted by atomic mass is 9.99. The highest BCUT2D eigenvalue weighted by Gasteiger charge is 2.37. The highest BCUT2D eigenvalue weighted by Crippen LogP contribution is 2.32. The number of methoxy groups -OCH3 is 1. The van der Waals surface area contributed by atoms with Gasteiger partial charge in [0.1, 0.15) is 11.6 Å². The van der Waals surface area contributed by atoms with Gasteiger partial charge in [0.15, 0.2) is 0 Å². The van der Waals surface area contributed by atoms with Crippen molar-refractivity contribution in [3.05, 3.63) is 58.9 Å². The van der Waals surface area contributed by atoms with Crippen molar-refractivity contribution in [3.63, 3.8) is 0 Å². The summed E-state index contributed by atoms with van der Waals surface area (Å²) in [4.78, 5) is 31.1. The van der Waals surface area contributed by atoms with E-state index in [1.807, 2.05) is 18.2 Å². The van der Waals surface area contributed by atoms with Gasteiger partial charge in [-0.3, -0.25) is 24.3 Å². The Kier molecular flexibility index (Phi) is 6.07. The zero-order valence-electron chi connectivity index (χ0n) is 18.2. The summed E-state index contributed by atoms with van der Waals surface area (Å²) in [5.74, 6) is -0.169. The lowest BCUT2D eigenvalue weighted by Crippen LogP contribution is -2.50. The molecule has 2 aliphatic rings. The van der Waals surface area contributed by atoms with Crippen LogP contribution >= 0.6 is 0 Å². The van der Waals surface area contributed by atoms with Crippen molar-refractivity contribution >= 4 is 17.4 Å². The van der Waals surface area contributed by atoms with E-state index in [4.69, 9.17) is 4.74 Å². The van der Waals surface area contributed by atoms with Crippen molar-refractivity contribution in [3.8, 4) is 5.75 Å². The molecule has 2 heterocycles. The fraction of sp³-hybridized carbons (Fsp3) is 0.417. The monoisotopic (exact) mass is 425 g/mol. The Hall–Kier alpha value is -2.77. The van der Waals surface area contributed by atoms with E-state index in [1.54, 1.807) is 18.1 Å². The minimum absolute atomic E-state index is 0.272. The molecule has 0 saturated carbocycles. The van der Waals surface area contributed by atoms with Gasteiger partial charge >= 0.3 is 5.91 Å². The molecular weight excluding hydrogens is 397 g/mol. The van der Waals surface area contributed by atoms with Crippen LogP contribution in [0.5, 0.6) is 5.75 Å². The Morgan fingerprint density at radius 2 is 1.71 bits per heavy atom. The number of ketones is 1. The average Bonchev–Trinajstić information content (AvgIpc) is 2.99. The van der Waals surface area contributed by atoms with E-state index in [1.165, 1.54) is 12.1 Å². The second kappa shape index (κ2) is 8.77. The van der Waals surface area contributed by atoms with Crippen LogP contribution in [0.25, 0.3) is 0 Å². The van der Waals surface area contributed by atoms with E-state index < -0.39 is 11.7 Å². The van der Waals surface area contributed by atoms with Gasteiger partial charge in [0, 0.05) is 38.3 Å². The third-order valence-electron chi connectivity index (χ3n) is 6.10. The molecule has 0 atom stereocenters. The summed E-state index contributed by atoms with van der Waals surface area (Å²) >= 11 is 0. The van der Waals surface area contributed by atoms with Crippen molar-refractivity contribution in [2.24, 2.45) is 0 Å². The fourth-order valence-electron chi connectivity index (χ4n) is 4.22. The minimum atomic E-state index is -0.456. The quantitative estimate of drug-likeness (QED) is 0.665. The third kappa shape index (κ3) is 4.34. The molecule has 2 aromatic carbocycles. The van der Waals surface area contributed by atoms with Crippen molar-refractivity contribution in [1.82, 2.24) is 9.80 Å². The number of nitrogens with zero attached hydrogens (tertiary/aromatic N) is 3. The first-order valence-electron chi connectivity index (χ1n) is 10.6. The number of Topliss-reactive ketones (excluding diaryl/α,β-unsaturated/α-hetero) is 1. The molecule has 1 saturated heterocycles. The lowest BCUT2D eigenvalue weighted by Gasteiger charge is -2.36. The molecule has 2 aromatic rings. The van der Waals surface area contributed by atoms with E-state index in [9.17, 15) is 14.0 Å². The molecule has 4 rings (SSSR count). The Bertz CT molecular complexity index is 1000. The number of fused-ring (bicyclic) bond motifs is 1. The normalized spacial score (nSPS) is 17.5. The highest BCUT2D eigenvalue weighted by molar-refractivity contribution is 6.52. The van der Waals surface area contributed by atoms with Crippen molar-refractivity contribution in [1.29, 1.82) is 0 Å². The number of halogens is 1. The van der Waals surface area contributed by atoms with Crippen LogP contribution in [0, 0.1) is 5.82 Å². The van der Waals surface area contributed by atoms with Gasteiger partial charge < -0.3 is 4.74 Å². The zero-order valence-corrected chi connectivity index (χ0v) is 18.2. The van der Waals surface area contributed by atoms with Crippen LogP contribution in [0.1, 0.15) is 41.3 Å². The van der Waals surface area contributed by atoms with Gasteiger partial charge in [-0.05, 0) is 41.8 Å². The number of amides is 1. The fourth-order valence-corrected chi connectivity index (χ4v) is 4.22. The lowest BCUT2D eigenvalue weighted by molar-refractivity contribution is -0.114. The van der Waals surface area contributed by atoms with E-state index in [-0.39, 0.29) is 5.82 Å². The van der Waals surface area contributed by atoms with Crippen molar-refractivity contribution in [2.75, 3.05) is 44.9 Å². The maximum Gasteiger partial charge on any atom is 0.300 e. The molecule has 7 heteroatoms. The molecular formula is C24H28FN3O3. The van der Waals surface area contributed by atoms with Crippen LogP contribution in [0.15, 0.2) is 36.4 Å². The van der Waals surface area contributed by atoms with Gasteiger partial charge in [0.2, 0.25) is 0 Å². The molecule has 0 bridgehead atoms. The molecule has 164 valence electrons. The molecule has 0 radical (unpaired) electrons. The predicted octanol–water partition coefficient (Wildman–Crippen LogP) is 3.26. The first-order valence-corrected chi connectivity index (χ1v) is 10.6. The molecule has 6 nitrogen and oxygen atoms in total. The van der Waals surface area contributed by atoms with Gasteiger partial charge in [-0.2, -0.15) is 0 Å². The van der Waals surface area contributed by atoms with E-state index in [2.05, 4.69) is 23.6 Å². The van der Waals surface area contributed by atoms with Crippen LogP contribution < -0.4 is 9.64 Å². The number of anilines is 1. The number of ether oxygens (including phenoxy) is 1. The summed E-state index contributed by atoms with van der Waals surface area (Å²) in [5.41, 5.74) is 3.09. The second-order valence-corrected chi connectivity index (χ2v) is 8.49. The molecule has 0 aromatic heterocycles. The first kappa shape index (κ1) is 21.5. The Labute approximate surface area is 182 Å². The molecule has 31 heavy (non-hydrogen) atoms. The van der Waals surface area contributed by atoms with Crippen LogP contribution in [-0.4, -0.2) is 61.4 Å². The van der Waals surface area contributed by atoms with Crippen LogP contribution in [0.2, 0.25) is 0 Å². The largest absolute Gasteiger partial charge is 0.496 e. The minimum Gasteiger partial charge on any atom is -0.496 e. The van der Waals surface area contributed by atoms with Gasteiger partial charge in [-0.1, -0.05) is 19.9 Å². The number of benzene rings is 2. The average molecular weight is 426 g/mol. The standard InChI is InChI=1S/C24H28FN3O3/c1-16(2)17-4-6-21-20(13-17)23(29)24(30)28(21)15-27-10-8-26(9-11-27)14-18-12-19(25)5-7-22(18)31-3/h4-7,12-13,16H,8-11,14-15H2,1-3H3. The zero-order chi connectivity index (χ0) is 22.1. The number of hydrogen-bond donors (Lipinski definition) is 0. The first-order chi connectivity index (χ1) is 14.9. The summed E-state index contributed by atoms with van der Waals surface area (Å²) in [5, 5.41) is 0. The summed E-state index contributed by atoms with van der Waals surface area (Å²) in [6.45, 7) is 8.24. The molecule has 0 spiro atoms. The van der Waals surface area contributed by atoms with Gasteiger partial charge in [-0.25, -0.2) is 4.39 Å². The number of rotatable bonds is 6. The van der Waals surface area contributed by atoms with Crippen molar-refractivity contribution in [2.45, 2.75) is 26.3 Å². The van der Waals surface area contributed by atoms with Crippen LogP contribution in [0.3, 0.4) is 0 Å². The maximum absolute atomic E-state index is 13.6. The smallest absolute Gasteiger partial charge is 0.300 e. The Morgan fingerprint density at radius 1 is 1.00 bits per heavy atom. The number of piperazine rings is 1. The Balaban J connectivity index is 1.39. The summed E-state index contributed by atoms with van der Waals surface area (Å²) in [6, 6.07) is 10.3. The van der Waals surface area contributed by atoms with Gasteiger partial charge in [0.25, 0.3) is 5.78 Å². The maximum atomic E-state index is 13.6. The molecule has 0 N–H and O–H groups in total. The summed E-state index contributed by atoms with van der Waals surface area (Å²) < 4.78 is 19.0. The molecule has 0 aliphatic carbocycles. The third-order valence-corrected chi connectivity index (χ3v) is 6.10. The Morgan fingerprint density at radius 3 is 2.39 bits per heavy atom. The van der Waals surface area contributed by atoms with Crippen LogP contribution in [0.4, 0.5) is 10.1 Å². The summed E-state index contributed by atoms with van der Waals surface area (Å²) in [6.07, 6.45) is 0. The highest BCUT2D eigenvalue weighted by atomic mass is 19.1. The topological polar surface area (TPSA) is 53.1 Å². The molecule has 2 aliphatic heterocycles. The van der Waals surface area contributed by atoms with Crippen LogP contribution in [-0.2, 0) is 11.3 Å². The second-order valence-electron chi connectivity index (χ2n) is 8.49. The van der Waals surface area contributed by atoms with Gasteiger partial charge in [0.05, 0.1) is 25.0 Å². The predicted molar refractivity (Wildman–Crippen MR) is 117 cm³/mol. The van der Waals surface area contributed by atoms with E-state index in [0.29, 0.717) is 36.1 Å². The molecule has 1 amide bonds. The number of carbonyl (C=O) groups is 2. The molecule has 0 unspecified atom stereocenters. The van der Waals surface area contributed by atoms with Crippen molar-refractivity contribution < 1.29 is 18.7 Å². The number of carbonyl (C=O) groups excluding carboxylic acids is 2. The SMILES string of the molecule is COc1ccc(F)cc1CN1CCN(CN2C(=O)C(=O)c3cc(C(C)C)ccc32)CC1. The van der Waals surface area contributed by atoms with E-state index >= 15 is 0 Å². The number of hydrogen-bond acceptors (Lipinski definition) is 5. The molecule has 1 fully saturated rings. The van der Waals surface area contributed by atoms with E-state index in [0.717, 1.165) is 37.3 Å². The van der Waals surface area contributed by atoms with Gasteiger partial charge in [-0.15, -0.1) is 0 Å². The summed E-state index contributed by atoms with van der Waals surface area (Å²) in [7, 11) is 1.59.